The van der Waals surface area contributed by atoms with Gasteiger partial charge in [0.05, 0.1) is 30.6 Å². The summed E-state index contributed by atoms with van der Waals surface area (Å²) in [6, 6.07) is 12.7. The van der Waals surface area contributed by atoms with Crippen molar-refractivity contribution in [2.24, 2.45) is 0 Å². The van der Waals surface area contributed by atoms with Crippen LogP contribution in [0.1, 0.15) is 12.5 Å². The summed E-state index contributed by atoms with van der Waals surface area (Å²) in [4.78, 5) is 17.7. The van der Waals surface area contributed by atoms with E-state index < -0.39 is 11.9 Å². The molecule has 1 aliphatic rings. The maximum atomic E-state index is 11.3. The Morgan fingerprint density at radius 3 is 2.68 bits per heavy atom. The van der Waals surface area contributed by atoms with Gasteiger partial charge in [0.25, 0.3) is 0 Å². The number of carboxylic acid groups (broad SMARTS) is 1. The zero-order valence-electron chi connectivity index (χ0n) is 18.3. The zero-order chi connectivity index (χ0) is 23.4. The van der Waals surface area contributed by atoms with Gasteiger partial charge in [0.2, 0.25) is 5.79 Å². The van der Waals surface area contributed by atoms with E-state index in [1.54, 1.807) is 43.3 Å². The first-order chi connectivity index (χ1) is 15.9. The van der Waals surface area contributed by atoms with E-state index in [-0.39, 0.29) is 18.5 Å². The minimum Gasteiger partial charge on any atom is -0.465 e. The topological polar surface area (TPSA) is 76.8 Å². The number of ether oxygens (including phenoxy) is 2. The number of imidazole rings is 1. The molecule has 1 N–H and O–H groups in total. The van der Waals surface area contributed by atoms with Gasteiger partial charge in [0.1, 0.15) is 0 Å². The molecule has 0 saturated carbocycles. The molecule has 2 atom stereocenters. The first kappa shape index (κ1) is 26.7. The van der Waals surface area contributed by atoms with Gasteiger partial charge in [-0.2, -0.15) is 0 Å². The Hall–Kier alpha value is -1.94. The molecule has 0 radical (unpaired) electrons. The highest BCUT2D eigenvalue weighted by Crippen LogP contribution is 2.41. The van der Waals surface area contributed by atoms with E-state index in [9.17, 15) is 9.90 Å². The van der Waals surface area contributed by atoms with Crippen LogP contribution in [0, 0.1) is 0 Å². The van der Waals surface area contributed by atoms with Gasteiger partial charge in [-0.1, -0.05) is 29.3 Å². The van der Waals surface area contributed by atoms with Crippen LogP contribution in [0.5, 0.6) is 0 Å². The molecule has 0 spiro atoms. The van der Waals surface area contributed by atoms with E-state index in [4.69, 9.17) is 32.7 Å². The molecule has 0 aliphatic carbocycles. The molecule has 1 aliphatic heterocycles. The van der Waals surface area contributed by atoms with Crippen LogP contribution in [0.3, 0.4) is 0 Å². The Balaban J connectivity index is 0.00000324. The third-order valence-electron chi connectivity index (χ3n) is 5.28. The van der Waals surface area contributed by atoms with Crippen molar-refractivity contribution in [1.82, 2.24) is 9.55 Å². The number of aromatic nitrogens is 2. The minimum absolute atomic E-state index is 0. The summed E-state index contributed by atoms with van der Waals surface area (Å²) in [7, 11) is 0. The molecule has 1 unspecified atom stereocenters. The minimum atomic E-state index is -1.05. The van der Waals surface area contributed by atoms with Crippen LogP contribution in [0.15, 0.2) is 66.1 Å². The molecule has 3 aromatic rings. The van der Waals surface area contributed by atoms with Crippen LogP contribution < -0.4 is 4.90 Å². The van der Waals surface area contributed by atoms with Crippen LogP contribution in [0.4, 0.5) is 10.5 Å². The SMILES string of the molecule is CCN(C(=O)O)c1ccc(SCC2CO[C@@](Cn3ccnc3)(c3ccc(Cl)cc3Cl)O2)cc1.Cl. The lowest BCUT2D eigenvalue weighted by Crippen LogP contribution is -2.34. The van der Waals surface area contributed by atoms with Crippen LogP contribution in [0.25, 0.3) is 0 Å². The average Bonchev–Trinajstić information content (AvgIpc) is 3.44. The molecular weight excluding hydrogens is 521 g/mol. The first-order valence-corrected chi connectivity index (χ1v) is 12.1. The summed E-state index contributed by atoms with van der Waals surface area (Å²) in [5.41, 5.74) is 1.36. The second kappa shape index (κ2) is 11.7. The van der Waals surface area contributed by atoms with E-state index in [1.165, 1.54) is 4.90 Å². The second-order valence-corrected chi connectivity index (χ2v) is 9.43. The molecule has 2 heterocycles. The van der Waals surface area contributed by atoms with Gasteiger partial charge < -0.3 is 19.1 Å². The summed E-state index contributed by atoms with van der Waals surface area (Å²) >= 11 is 14.2. The van der Waals surface area contributed by atoms with E-state index in [0.29, 0.717) is 46.7 Å². The molecule has 1 saturated heterocycles. The van der Waals surface area contributed by atoms with Gasteiger partial charge in [-0.3, -0.25) is 4.90 Å². The Morgan fingerprint density at radius 2 is 2.06 bits per heavy atom. The molecule has 0 bridgehead atoms. The molecule has 2 aromatic carbocycles. The van der Waals surface area contributed by atoms with Crippen LogP contribution in [0.2, 0.25) is 10.0 Å². The lowest BCUT2D eigenvalue weighted by atomic mass is 10.1. The number of amides is 1. The fourth-order valence-electron chi connectivity index (χ4n) is 3.72. The third-order valence-corrected chi connectivity index (χ3v) is 6.97. The molecule has 11 heteroatoms. The highest BCUT2D eigenvalue weighted by molar-refractivity contribution is 7.99. The van der Waals surface area contributed by atoms with Crippen LogP contribution >= 0.6 is 47.4 Å². The molecule has 1 fully saturated rings. The maximum absolute atomic E-state index is 11.3. The van der Waals surface area contributed by atoms with Crippen LogP contribution in [-0.4, -0.2) is 45.8 Å². The third kappa shape index (κ3) is 6.00. The van der Waals surface area contributed by atoms with Crippen LogP contribution in [-0.2, 0) is 21.8 Å². The number of nitrogens with zero attached hydrogens (tertiary/aromatic N) is 3. The summed E-state index contributed by atoms with van der Waals surface area (Å²) < 4.78 is 14.6. The van der Waals surface area contributed by atoms with Crippen molar-refractivity contribution in [3.8, 4) is 0 Å². The second-order valence-electron chi connectivity index (χ2n) is 7.49. The van der Waals surface area contributed by atoms with Crippen molar-refractivity contribution < 1.29 is 19.4 Å². The molecular formula is C23H24Cl3N3O4S. The molecule has 1 amide bonds. The van der Waals surface area contributed by atoms with Gasteiger partial charge >= 0.3 is 6.09 Å². The number of hydrogen-bond donors (Lipinski definition) is 1. The molecule has 182 valence electrons. The first-order valence-electron chi connectivity index (χ1n) is 10.4. The smallest absolute Gasteiger partial charge is 0.411 e. The lowest BCUT2D eigenvalue weighted by molar-refractivity contribution is -0.184. The van der Waals surface area contributed by atoms with Crippen molar-refractivity contribution in [2.75, 3.05) is 23.8 Å². The Kier molecular flexibility index (Phi) is 9.14. The number of carbonyl (C=O) groups is 1. The van der Waals surface area contributed by atoms with E-state index in [1.807, 2.05) is 41.1 Å². The molecule has 7 nitrogen and oxygen atoms in total. The van der Waals surface area contributed by atoms with Gasteiger partial charge in [-0.15, -0.1) is 24.2 Å². The van der Waals surface area contributed by atoms with Crippen molar-refractivity contribution in [3.63, 3.8) is 0 Å². The predicted molar refractivity (Wildman–Crippen MR) is 137 cm³/mol. The molecule has 1 aromatic heterocycles. The molecule has 34 heavy (non-hydrogen) atoms. The predicted octanol–water partition coefficient (Wildman–Crippen LogP) is 6.18. The number of anilines is 1. The summed E-state index contributed by atoms with van der Waals surface area (Å²) in [6.07, 6.45) is 4.12. The van der Waals surface area contributed by atoms with Gasteiger partial charge in [-0.25, -0.2) is 9.78 Å². The number of halogens is 3. The number of rotatable bonds is 8. The largest absolute Gasteiger partial charge is 0.465 e. The standard InChI is InChI=1S/C23H23Cl2N3O4S.ClH/c1-2-28(22(29)30)17-4-6-19(7-5-17)33-13-18-12-31-23(32-18,14-27-10-9-26-15-27)20-8-3-16(24)11-21(20)25;/h3-11,15,18H,2,12-14H2,1H3,(H,29,30);1H/t18?,23-;/m1./s1. The molecule has 4 rings (SSSR count). The summed E-state index contributed by atoms with van der Waals surface area (Å²) in [5.74, 6) is -0.396. The maximum Gasteiger partial charge on any atom is 0.411 e. The summed E-state index contributed by atoms with van der Waals surface area (Å²) in [5, 5.41) is 10.3. The van der Waals surface area contributed by atoms with Gasteiger partial charge in [0, 0.05) is 45.9 Å². The highest BCUT2D eigenvalue weighted by Gasteiger charge is 2.45. The Bertz CT molecular complexity index is 1100. The van der Waals surface area contributed by atoms with Crippen molar-refractivity contribution >= 4 is 59.2 Å². The normalized spacial score (nSPS) is 19.6. The Labute approximate surface area is 218 Å². The van der Waals surface area contributed by atoms with Gasteiger partial charge in [-0.05, 0) is 43.3 Å². The van der Waals surface area contributed by atoms with Crippen molar-refractivity contribution in [2.45, 2.75) is 30.3 Å². The van der Waals surface area contributed by atoms with Crippen molar-refractivity contribution in [1.29, 1.82) is 0 Å². The Morgan fingerprint density at radius 1 is 1.29 bits per heavy atom. The number of hydrogen-bond acceptors (Lipinski definition) is 5. The number of thioether (sulfide) groups is 1. The zero-order valence-corrected chi connectivity index (χ0v) is 21.4. The van der Waals surface area contributed by atoms with E-state index in [0.717, 1.165) is 4.90 Å². The summed E-state index contributed by atoms with van der Waals surface area (Å²) in [6.45, 7) is 2.99. The lowest BCUT2D eigenvalue weighted by Gasteiger charge is -2.30. The van der Waals surface area contributed by atoms with Gasteiger partial charge in [0.15, 0.2) is 0 Å². The van der Waals surface area contributed by atoms with E-state index in [2.05, 4.69) is 4.98 Å². The fraction of sp³-hybridized carbons (Fsp3) is 0.304. The van der Waals surface area contributed by atoms with Crippen molar-refractivity contribution in [3.05, 3.63) is 76.8 Å². The number of benzene rings is 2. The fourth-order valence-corrected chi connectivity index (χ4v) is 5.14. The highest BCUT2D eigenvalue weighted by atomic mass is 35.5. The quantitative estimate of drug-likeness (QED) is 0.341. The van der Waals surface area contributed by atoms with E-state index >= 15 is 0 Å². The monoisotopic (exact) mass is 543 g/mol. The average molecular weight is 545 g/mol.